The van der Waals surface area contributed by atoms with Gasteiger partial charge in [0.05, 0.1) is 30.4 Å². The molecular formula is C22H25ClN2O4. The van der Waals surface area contributed by atoms with Crippen molar-refractivity contribution in [3.05, 3.63) is 52.5 Å². The number of benzene rings is 2. The van der Waals surface area contributed by atoms with Crippen LogP contribution in [-0.4, -0.2) is 32.1 Å². The molecule has 7 heteroatoms. The molecule has 29 heavy (non-hydrogen) atoms. The summed E-state index contributed by atoms with van der Waals surface area (Å²) < 4.78 is 10.6. The van der Waals surface area contributed by atoms with E-state index in [1.807, 2.05) is 0 Å². The number of methoxy groups -OCH3 is 2. The van der Waals surface area contributed by atoms with Crippen LogP contribution in [0.3, 0.4) is 0 Å². The minimum absolute atomic E-state index is 0.173. The molecule has 2 amide bonds. The predicted molar refractivity (Wildman–Crippen MR) is 113 cm³/mol. The Labute approximate surface area is 175 Å². The largest absolute Gasteiger partial charge is 0.493 e. The van der Waals surface area contributed by atoms with E-state index in [4.69, 9.17) is 21.1 Å². The Kier molecular flexibility index (Phi) is 6.99. The first kappa shape index (κ1) is 21.0. The number of rotatable bonds is 6. The van der Waals surface area contributed by atoms with E-state index in [2.05, 4.69) is 10.6 Å². The highest BCUT2D eigenvalue weighted by Gasteiger charge is 2.20. The first-order valence-electron chi connectivity index (χ1n) is 9.66. The maximum atomic E-state index is 12.8. The molecule has 1 aliphatic rings. The standard InChI is InChI=1S/C22H25ClN2O4/c1-28-19-10-6-9-16(20(19)29-2)21(26)25-15-11-12-18(23)17(13-15)22(27)24-14-7-4-3-5-8-14/h6,9-14H,3-5,7-8H2,1-2H3,(H,24,27)(H,25,26). The van der Waals surface area contributed by atoms with Crippen LogP contribution in [0.4, 0.5) is 5.69 Å². The van der Waals surface area contributed by atoms with Gasteiger partial charge in [0.1, 0.15) is 0 Å². The van der Waals surface area contributed by atoms with Crippen molar-refractivity contribution >= 4 is 29.1 Å². The third-order valence-corrected chi connectivity index (χ3v) is 5.39. The SMILES string of the molecule is COc1cccc(C(=O)Nc2ccc(Cl)c(C(=O)NC3CCCCC3)c2)c1OC. The Bertz CT molecular complexity index is 894. The van der Waals surface area contributed by atoms with Crippen LogP contribution in [0, 0.1) is 0 Å². The summed E-state index contributed by atoms with van der Waals surface area (Å²) in [5.74, 6) is 0.208. The first-order chi connectivity index (χ1) is 14.0. The summed E-state index contributed by atoms with van der Waals surface area (Å²) in [6.45, 7) is 0. The topological polar surface area (TPSA) is 76.7 Å². The Morgan fingerprint density at radius 3 is 2.41 bits per heavy atom. The molecule has 2 aromatic rings. The summed E-state index contributed by atoms with van der Waals surface area (Å²) in [4.78, 5) is 25.4. The summed E-state index contributed by atoms with van der Waals surface area (Å²) in [7, 11) is 2.99. The minimum atomic E-state index is -0.373. The number of hydrogen-bond donors (Lipinski definition) is 2. The number of ether oxygens (including phenoxy) is 2. The molecule has 1 saturated carbocycles. The fraction of sp³-hybridized carbons (Fsp3) is 0.364. The number of nitrogens with one attached hydrogen (secondary N) is 2. The Morgan fingerprint density at radius 1 is 0.966 bits per heavy atom. The summed E-state index contributed by atoms with van der Waals surface area (Å²) in [6.07, 6.45) is 5.42. The molecule has 2 aromatic carbocycles. The lowest BCUT2D eigenvalue weighted by Crippen LogP contribution is -2.36. The summed E-state index contributed by atoms with van der Waals surface area (Å²) in [6, 6.07) is 10.1. The van der Waals surface area contributed by atoms with Crippen LogP contribution in [0.15, 0.2) is 36.4 Å². The molecule has 0 saturated heterocycles. The molecule has 1 fully saturated rings. The third-order valence-electron chi connectivity index (χ3n) is 5.06. The van der Waals surface area contributed by atoms with E-state index in [0.717, 1.165) is 25.7 Å². The van der Waals surface area contributed by atoms with Crippen molar-refractivity contribution in [1.29, 1.82) is 0 Å². The van der Waals surface area contributed by atoms with Crippen LogP contribution in [0.2, 0.25) is 5.02 Å². The molecule has 0 radical (unpaired) electrons. The number of amides is 2. The zero-order chi connectivity index (χ0) is 20.8. The van der Waals surface area contributed by atoms with Crippen molar-refractivity contribution in [3.63, 3.8) is 0 Å². The lowest BCUT2D eigenvalue weighted by Gasteiger charge is -2.23. The van der Waals surface area contributed by atoms with E-state index in [1.165, 1.54) is 20.6 Å². The summed E-state index contributed by atoms with van der Waals surface area (Å²) in [5, 5.41) is 6.19. The lowest BCUT2D eigenvalue weighted by atomic mass is 9.95. The molecule has 1 aliphatic carbocycles. The number of carbonyl (C=O) groups excluding carboxylic acids is 2. The number of anilines is 1. The second-order valence-corrected chi connectivity index (χ2v) is 7.41. The van der Waals surface area contributed by atoms with Crippen LogP contribution >= 0.6 is 11.6 Å². The molecule has 3 rings (SSSR count). The number of halogens is 1. The third kappa shape index (κ3) is 5.01. The molecule has 0 atom stereocenters. The van der Waals surface area contributed by atoms with Gasteiger partial charge >= 0.3 is 0 Å². The molecule has 0 aromatic heterocycles. The smallest absolute Gasteiger partial charge is 0.259 e. The first-order valence-corrected chi connectivity index (χ1v) is 10.0. The van der Waals surface area contributed by atoms with Crippen LogP contribution in [0.1, 0.15) is 52.8 Å². The van der Waals surface area contributed by atoms with Crippen LogP contribution in [-0.2, 0) is 0 Å². The molecule has 2 N–H and O–H groups in total. The zero-order valence-electron chi connectivity index (χ0n) is 16.6. The predicted octanol–water partition coefficient (Wildman–Crippen LogP) is 4.67. The minimum Gasteiger partial charge on any atom is -0.493 e. The maximum Gasteiger partial charge on any atom is 0.259 e. The maximum absolute atomic E-state index is 12.8. The molecule has 0 aliphatic heterocycles. The van der Waals surface area contributed by atoms with E-state index in [-0.39, 0.29) is 17.9 Å². The zero-order valence-corrected chi connectivity index (χ0v) is 17.3. The van der Waals surface area contributed by atoms with Gasteiger partial charge < -0.3 is 20.1 Å². The van der Waals surface area contributed by atoms with Gasteiger partial charge in [-0.15, -0.1) is 0 Å². The average Bonchev–Trinajstić information content (AvgIpc) is 2.74. The second kappa shape index (κ2) is 9.65. The number of hydrogen-bond acceptors (Lipinski definition) is 4. The number of para-hydroxylation sites is 1. The van der Waals surface area contributed by atoms with E-state index < -0.39 is 0 Å². The molecule has 0 unspecified atom stereocenters. The fourth-order valence-corrected chi connectivity index (χ4v) is 3.75. The van der Waals surface area contributed by atoms with Crippen molar-refractivity contribution < 1.29 is 19.1 Å². The fourth-order valence-electron chi connectivity index (χ4n) is 3.55. The van der Waals surface area contributed by atoms with Gasteiger partial charge in [0.15, 0.2) is 11.5 Å². The van der Waals surface area contributed by atoms with Crippen molar-refractivity contribution in [2.24, 2.45) is 0 Å². The summed E-state index contributed by atoms with van der Waals surface area (Å²) >= 11 is 6.24. The van der Waals surface area contributed by atoms with Gasteiger partial charge in [-0.2, -0.15) is 0 Å². The van der Waals surface area contributed by atoms with Gasteiger partial charge in [-0.1, -0.05) is 36.9 Å². The molecule has 154 valence electrons. The highest BCUT2D eigenvalue weighted by Crippen LogP contribution is 2.31. The van der Waals surface area contributed by atoms with Crippen LogP contribution in [0.25, 0.3) is 0 Å². The molecule has 0 bridgehead atoms. The van der Waals surface area contributed by atoms with Gasteiger partial charge in [0.2, 0.25) is 0 Å². The molecule has 0 heterocycles. The highest BCUT2D eigenvalue weighted by molar-refractivity contribution is 6.34. The Morgan fingerprint density at radius 2 is 1.72 bits per heavy atom. The molecular weight excluding hydrogens is 392 g/mol. The van der Waals surface area contributed by atoms with Gasteiger partial charge in [0, 0.05) is 11.7 Å². The highest BCUT2D eigenvalue weighted by atomic mass is 35.5. The normalized spacial score (nSPS) is 14.2. The molecule has 0 spiro atoms. The Balaban J connectivity index is 1.77. The van der Waals surface area contributed by atoms with E-state index in [0.29, 0.717) is 33.3 Å². The van der Waals surface area contributed by atoms with Gasteiger partial charge in [-0.25, -0.2) is 0 Å². The van der Waals surface area contributed by atoms with Crippen LogP contribution in [0.5, 0.6) is 11.5 Å². The van der Waals surface area contributed by atoms with Gasteiger partial charge in [-0.05, 0) is 43.2 Å². The second-order valence-electron chi connectivity index (χ2n) is 7.00. The lowest BCUT2D eigenvalue weighted by molar-refractivity contribution is 0.0926. The summed E-state index contributed by atoms with van der Waals surface area (Å²) in [5.41, 5.74) is 1.14. The monoisotopic (exact) mass is 416 g/mol. The van der Waals surface area contributed by atoms with Crippen molar-refractivity contribution in [2.75, 3.05) is 19.5 Å². The molecule has 6 nitrogen and oxygen atoms in total. The average molecular weight is 417 g/mol. The Hall–Kier alpha value is -2.73. The van der Waals surface area contributed by atoms with Gasteiger partial charge in [0.25, 0.3) is 11.8 Å². The van der Waals surface area contributed by atoms with Crippen molar-refractivity contribution in [2.45, 2.75) is 38.1 Å². The van der Waals surface area contributed by atoms with Crippen LogP contribution < -0.4 is 20.1 Å². The van der Waals surface area contributed by atoms with E-state index in [1.54, 1.807) is 36.4 Å². The number of carbonyl (C=O) groups is 2. The van der Waals surface area contributed by atoms with Gasteiger partial charge in [-0.3, -0.25) is 9.59 Å². The van der Waals surface area contributed by atoms with E-state index in [9.17, 15) is 9.59 Å². The van der Waals surface area contributed by atoms with Crippen molar-refractivity contribution in [3.8, 4) is 11.5 Å². The van der Waals surface area contributed by atoms with E-state index >= 15 is 0 Å². The quantitative estimate of drug-likeness (QED) is 0.717. The van der Waals surface area contributed by atoms with Crippen molar-refractivity contribution in [1.82, 2.24) is 5.32 Å².